The van der Waals surface area contributed by atoms with Crippen LogP contribution < -0.4 is 4.90 Å². The van der Waals surface area contributed by atoms with Crippen molar-refractivity contribution in [1.82, 2.24) is 15.1 Å². The summed E-state index contributed by atoms with van der Waals surface area (Å²) in [5, 5.41) is 13.2. The smallest absolute Gasteiger partial charge is 0.258 e. The summed E-state index contributed by atoms with van der Waals surface area (Å²) in [6.45, 7) is 2.11. The van der Waals surface area contributed by atoms with Gasteiger partial charge in [-0.15, -0.1) is 0 Å². The van der Waals surface area contributed by atoms with Crippen molar-refractivity contribution in [2.45, 2.75) is 19.2 Å². The third kappa shape index (κ3) is 2.28. The molecule has 3 rings (SSSR count). The number of hydrogen-bond donors (Lipinski definition) is 1. The maximum absolute atomic E-state index is 13.3. The van der Waals surface area contributed by atoms with Crippen molar-refractivity contribution in [2.24, 2.45) is 0 Å². The van der Waals surface area contributed by atoms with Gasteiger partial charge in [0.2, 0.25) is 0 Å². The molecule has 3 heterocycles. The highest BCUT2D eigenvalue weighted by Crippen LogP contribution is 2.25. The molecule has 0 bridgehead atoms. The molecule has 2 aromatic rings. The van der Waals surface area contributed by atoms with E-state index >= 15 is 0 Å². The number of hydrogen-bond acceptors (Lipinski definition) is 6. The lowest BCUT2D eigenvalue weighted by atomic mass is 10.2. The second kappa shape index (κ2) is 4.58. The maximum Gasteiger partial charge on any atom is 0.258 e. The van der Waals surface area contributed by atoms with Crippen LogP contribution in [0.1, 0.15) is 5.82 Å². The van der Waals surface area contributed by atoms with E-state index in [1.165, 1.54) is 0 Å². The number of aliphatic hydroxyl groups excluding tert-OH is 1. The molecule has 0 amide bonds. The van der Waals surface area contributed by atoms with Crippen molar-refractivity contribution >= 4 is 5.82 Å². The van der Waals surface area contributed by atoms with E-state index in [-0.39, 0.29) is 13.1 Å². The van der Waals surface area contributed by atoms with Crippen LogP contribution in [-0.4, -0.2) is 45.6 Å². The van der Waals surface area contributed by atoms with Crippen LogP contribution in [-0.2, 0) is 0 Å². The number of aliphatic hydroxyl groups is 1. The van der Waals surface area contributed by atoms with Crippen LogP contribution in [0.15, 0.2) is 22.9 Å². The van der Waals surface area contributed by atoms with Gasteiger partial charge in [-0.2, -0.15) is 4.98 Å². The number of aryl methyl sites for hydroxylation is 1. The van der Waals surface area contributed by atoms with Crippen molar-refractivity contribution in [3.8, 4) is 11.5 Å². The number of pyridine rings is 1. The SMILES string of the molecule is Cc1noc(-c2ccnc(N3C[C@@H](O)[C@H](F)C3)c2)n1. The molecule has 0 unspecified atom stereocenters. The van der Waals surface area contributed by atoms with Crippen molar-refractivity contribution in [3.63, 3.8) is 0 Å². The Morgan fingerprint density at radius 3 is 2.95 bits per heavy atom. The Morgan fingerprint density at radius 2 is 2.32 bits per heavy atom. The van der Waals surface area contributed by atoms with Crippen molar-refractivity contribution in [3.05, 3.63) is 24.2 Å². The molecule has 1 saturated heterocycles. The van der Waals surface area contributed by atoms with E-state index in [1.54, 1.807) is 30.2 Å². The van der Waals surface area contributed by atoms with Crippen LogP contribution in [0.3, 0.4) is 0 Å². The molecule has 2 aromatic heterocycles. The Hall–Kier alpha value is -2.02. The first-order chi connectivity index (χ1) is 9.13. The first kappa shape index (κ1) is 12.0. The molecular formula is C12H13FN4O2. The van der Waals surface area contributed by atoms with Gasteiger partial charge < -0.3 is 14.5 Å². The second-order valence-corrected chi connectivity index (χ2v) is 4.54. The lowest BCUT2D eigenvalue weighted by molar-refractivity contribution is 0.118. The molecule has 1 fully saturated rings. The molecule has 19 heavy (non-hydrogen) atoms. The quantitative estimate of drug-likeness (QED) is 0.870. The van der Waals surface area contributed by atoms with Gasteiger partial charge in [-0.25, -0.2) is 9.37 Å². The maximum atomic E-state index is 13.3. The topological polar surface area (TPSA) is 75.3 Å². The van der Waals surface area contributed by atoms with Gasteiger partial charge in [0, 0.05) is 18.3 Å². The second-order valence-electron chi connectivity index (χ2n) is 4.54. The van der Waals surface area contributed by atoms with Gasteiger partial charge in [0.05, 0.1) is 6.54 Å². The van der Waals surface area contributed by atoms with E-state index in [2.05, 4.69) is 15.1 Å². The predicted molar refractivity (Wildman–Crippen MR) is 65.4 cm³/mol. The molecule has 0 aliphatic carbocycles. The van der Waals surface area contributed by atoms with Crippen LogP contribution >= 0.6 is 0 Å². The van der Waals surface area contributed by atoms with Crippen LogP contribution in [0.2, 0.25) is 0 Å². The Kier molecular flexibility index (Phi) is 2.90. The van der Waals surface area contributed by atoms with E-state index in [0.717, 1.165) is 5.56 Å². The number of anilines is 1. The molecule has 0 spiro atoms. The Labute approximate surface area is 108 Å². The van der Waals surface area contributed by atoms with E-state index in [9.17, 15) is 9.50 Å². The summed E-state index contributed by atoms with van der Waals surface area (Å²) in [6, 6.07) is 3.49. The van der Waals surface area contributed by atoms with Crippen molar-refractivity contribution in [2.75, 3.05) is 18.0 Å². The lowest BCUT2D eigenvalue weighted by Gasteiger charge is -2.16. The van der Waals surface area contributed by atoms with E-state index in [0.29, 0.717) is 17.5 Å². The minimum Gasteiger partial charge on any atom is -0.388 e. The van der Waals surface area contributed by atoms with Crippen LogP contribution in [0.5, 0.6) is 0 Å². The first-order valence-electron chi connectivity index (χ1n) is 5.97. The molecule has 1 N–H and O–H groups in total. The highest BCUT2D eigenvalue weighted by atomic mass is 19.1. The fourth-order valence-electron chi connectivity index (χ4n) is 2.07. The van der Waals surface area contributed by atoms with Crippen molar-refractivity contribution in [1.29, 1.82) is 0 Å². The van der Waals surface area contributed by atoms with Gasteiger partial charge in [0.25, 0.3) is 5.89 Å². The molecule has 6 nitrogen and oxygen atoms in total. The van der Waals surface area contributed by atoms with Gasteiger partial charge in [0.1, 0.15) is 18.1 Å². The highest BCUT2D eigenvalue weighted by Gasteiger charge is 2.32. The van der Waals surface area contributed by atoms with Gasteiger partial charge in [-0.3, -0.25) is 0 Å². The number of rotatable bonds is 2. The van der Waals surface area contributed by atoms with E-state index in [4.69, 9.17) is 4.52 Å². The summed E-state index contributed by atoms with van der Waals surface area (Å²) in [6.07, 6.45) is -0.602. The number of nitrogens with zero attached hydrogens (tertiary/aromatic N) is 4. The fourth-order valence-corrected chi connectivity index (χ4v) is 2.07. The molecule has 0 radical (unpaired) electrons. The Morgan fingerprint density at radius 1 is 1.47 bits per heavy atom. The van der Waals surface area contributed by atoms with Gasteiger partial charge in [-0.1, -0.05) is 5.16 Å². The molecule has 2 atom stereocenters. The molecule has 1 aliphatic rings. The largest absolute Gasteiger partial charge is 0.388 e. The summed E-state index contributed by atoms with van der Waals surface area (Å²) >= 11 is 0. The van der Waals surface area contributed by atoms with Crippen LogP contribution in [0.4, 0.5) is 10.2 Å². The summed E-state index contributed by atoms with van der Waals surface area (Å²) in [5.74, 6) is 1.54. The summed E-state index contributed by atoms with van der Waals surface area (Å²) < 4.78 is 18.4. The summed E-state index contributed by atoms with van der Waals surface area (Å²) in [5.41, 5.74) is 0.724. The molecule has 1 aliphatic heterocycles. The van der Waals surface area contributed by atoms with Gasteiger partial charge in [-0.05, 0) is 19.1 Å². The molecule has 100 valence electrons. The molecular weight excluding hydrogens is 251 g/mol. The monoisotopic (exact) mass is 264 g/mol. The van der Waals surface area contributed by atoms with Crippen molar-refractivity contribution < 1.29 is 14.0 Å². The van der Waals surface area contributed by atoms with E-state index in [1.807, 2.05) is 0 Å². The summed E-state index contributed by atoms with van der Waals surface area (Å²) in [7, 11) is 0. The number of halogens is 1. The van der Waals surface area contributed by atoms with Crippen LogP contribution in [0.25, 0.3) is 11.5 Å². The third-order valence-corrected chi connectivity index (χ3v) is 3.06. The molecule has 0 aromatic carbocycles. The highest BCUT2D eigenvalue weighted by molar-refractivity contribution is 5.59. The zero-order valence-corrected chi connectivity index (χ0v) is 10.3. The van der Waals surface area contributed by atoms with Gasteiger partial charge in [0.15, 0.2) is 5.82 Å². The summed E-state index contributed by atoms with van der Waals surface area (Å²) in [4.78, 5) is 10.0. The normalized spacial score (nSPS) is 23.0. The fraction of sp³-hybridized carbons (Fsp3) is 0.417. The Balaban J connectivity index is 1.88. The third-order valence-electron chi connectivity index (χ3n) is 3.06. The minimum atomic E-state index is -1.24. The first-order valence-corrected chi connectivity index (χ1v) is 5.97. The van der Waals surface area contributed by atoms with Gasteiger partial charge >= 0.3 is 0 Å². The number of aromatic nitrogens is 3. The average molecular weight is 264 g/mol. The average Bonchev–Trinajstić information content (AvgIpc) is 2.97. The number of β-amino-alcohol motifs (C(OH)–C–C–N with tert-alkyl or cyclic N) is 1. The zero-order chi connectivity index (χ0) is 13.4. The zero-order valence-electron chi connectivity index (χ0n) is 10.3. The van der Waals surface area contributed by atoms with E-state index < -0.39 is 12.3 Å². The predicted octanol–water partition coefficient (Wildman–Crippen LogP) is 0.959. The molecule has 7 heteroatoms. The standard InChI is InChI=1S/C12H13FN4O2/c1-7-15-12(19-16-7)8-2-3-14-11(4-8)17-5-9(13)10(18)6-17/h2-4,9-10,18H,5-6H2,1H3/t9-,10-/m1/s1. The Bertz CT molecular complexity index is 579. The number of alkyl halides is 1. The molecule has 0 saturated carbocycles. The lowest BCUT2D eigenvalue weighted by Crippen LogP contribution is -2.22. The van der Waals surface area contributed by atoms with Crippen LogP contribution in [0, 0.1) is 6.92 Å². The minimum absolute atomic E-state index is 0.139.